The molecule has 1 rings (SSSR count). The highest BCUT2D eigenvalue weighted by Crippen LogP contribution is 2.14. The quantitative estimate of drug-likeness (QED) is 0.785. The van der Waals surface area contributed by atoms with Gasteiger partial charge in [0, 0.05) is 20.3 Å². The van der Waals surface area contributed by atoms with Crippen LogP contribution >= 0.6 is 12.4 Å². The molecule has 1 N–H and O–H groups in total. The van der Waals surface area contributed by atoms with Crippen molar-refractivity contribution in [1.82, 2.24) is 4.98 Å². The first-order chi connectivity index (χ1) is 5.63. The van der Waals surface area contributed by atoms with E-state index in [0.717, 1.165) is 0 Å². The van der Waals surface area contributed by atoms with Crippen molar-refractivity contribution >= 4 is 24.1 Å². The van der Waals surface area contributed by atoms with Gasteiger partial charge in [-0.1, -0.05) is 0 Å². The third-order valence-corrected chi connectivity index (χ3v) is 1.47. The summed E-state index contributed by atoms with van der Waals surface area (Å²) in [5.41, 5.74) is 0.701. The molecule has 0 bridgehead atoms. The predicted molar refractivity (Wildman–Crippen MR) is 52.8 cm³/mol. The number of halogens is 1. The van der Waals surface area contributed by atoms with E-state index in [9.17, 15) is 4.79 Å². The molecule has 0 atom stereocenters. The lowest BCUT2D eigenvalue weighted by Crippen LogP contribution is -2.14. The van der Waals surface area contributed by atoms with Crippen molar-refractivity contribution < 1.29 is 9.90 Å². The second kappa shape index (κ2) is 4.67. The van der Waals surface area contributed by atoms with E-state index < -0.39 is 5.97 Å². The Morgan fingerprint density at radius 3 is 2.54 bits per heavy atom. The molecule has 4 nitrogen and oxygen atoms in total. The fourth-order valence-corrected chi connectivity index (χ4v) is 0.922. The first kappa shape index (κ1) is 11.7. The van der Waals surface area contributed by atoms with Crippen LogP contribution in [-0.4, -0.2) is 30.2 Å². The molecule has 0 radical (unpaired) electrons. The molecule has 0 aliphatic rings. The van der Waals surface area contributed by atoms with Crippen LogP contribution < -0.4 is 4.90 Å². The summed E-state index contributed by atoms with van der Waals surface area (Å²) in [6.45, 7) is 0. The smallest absolute Gasteiger partial charge is 0.356 e. The summed E-state index contributed by atoms with van der Waals surface area (Å²) >= 11 is 0. The molecule has 72 valence electrons. The second-order valence-electron chi connectivity index (χ2n) is 2.57. The highest BCUT2D eigenvalue weighted by atomic mass is 35.5. The number of nitrogens with zero attached hydrogens (tertiary/aromatic N) is 2. The van der Waals surface area contributed by atoms with Crippen LogP contribution in [0, 0.1) is 0 Å². The molecule has 0 aliphatic carbocycles. The van der Waals surface area contributed by atoms with Crippen molar-refractivity contribution in [3.05, 3.63) is 24.0 Å². The van der Waals surface area contributed by atoms with E-state index in [0.29, 0.717) is 5.69 Å². The van der Waals surface area contributed by atoms with Gasteiger partial charge in [-0.15, -0.1) is 12.4 Å². The van der Waals surface area contributed by atoms with Gasteiger partial charge in [0.05, 0.1) is 5.69 Å². The van der Waals surface area contributed by atoms with Crippen molar-refractivity contribution in [2.75, 3.05) is 19.0 Å². The Kier molecular flexibility index (Phi) is 4.20. The highest BCUT2D eigenvalue weighted by molar-refractivity contribution is 5.91. The summed E-state index contributed by atoms with van der Waals surface area (Å²) < 4.78 is 0. The lowest BCUT2D eigenvalue weighted by molar-refractivity contribution is 0.0691. The first-order valence-electron chi connectivity index (χ1n) is 3.48. The van der Waals surface area contributed by atoms with Crippen molar-refractivity contribution in [3.8, 4) is 0 Å². The molecule has 0 unspecified atom stereocenters. The minimum Gasteiger partial charge on any atom is -0.476 e. The molecule has 0 saturated carbocycles. The molecule has 13 heavy (non-hydrogen) atoms. The average molecular weight is 203 g/mol. The molecular weight excluding hydrogens is 192 g/mol. The van der Waals surface area contributed by atoms with E-state index in [2.05, 4.69) is 4.98 Å². The van der Waals surface area contributed by atoms with E-state index >= 15 is 0 Å². The van der Waals surface area contributed by atoms with Crippen LogP contribution in [0.2, 0.25) is 0 Å². The first-order valence-corrected chi connectivity index (χ1v) is 3.48. The lowest BCUT2D eigenvalue weighted by Gasteiger charge is -2.13. The monoisotopic (exact) mass is 202 g/mol. The van der Waals surface area contributed by atoms with Crippen LogP contribution in [0.25, 0.3) is 0 Å². The van der Waals surface area contributed by atoms with E-state index in [1.54, 1.807) is 31.1 Å². The van der Waals surface area contributed by atoms with Gasteiger partial charge in [-0.05, 0) is 12.1 Å². The molecular formula is C8H11ClN2O2. The van der Waals surface area contributed by atoms with Crippen molar-refractivity contribution in [2.45, 2.75) is 0 Å². The largest absolute Gasteiger partial charge is 0.476 e. The minimum atomic E-state index is -1.00. The second-order valence-corrected chi connectivity index (χ2v) is 2.57. The zero-order chi connectivity index (χ0) is 9.14. The molecule has 5 heteroatoms. The Bertz CT molecular complexity index is 302. The number of hydrogen-bond acceptors (Lipinski definition) is 3. The lowest BCUT2D eigenvalue weighted by atomic mass is 10.3. The van der Waals surface area contributed by atoms with E-state index in [4.69, 9.17) is 5.11 Å². The summed E-state index contributed by atoms with van der Waals surface area (Å²) in [6.07, 6.45) is 1.47. The standard InChI is InChI=1S/C8H10N2O2.ClH/c1-10(2)6-4-3-5-9-7(6)8(11)12;/h3-5H,1-2H3,(H,11,12);1H. The van der Waals surface area contributed by atoms with Gasteiger partial charge in [-0.25, -0.2) is 9.78 Å². The molecule has 0 amide bonds. The predicted octanol–water partition coefficient (Wildman–Crippen LogP) is 1.27. The fourth-order valence-electron chi connectivity index (χ4n) is 0.922. The number of aromatic nitrogens is 1. The number of carboxylic acids is 1. The number of rotatable bonds is 2. The Morgan fingerprint density at radius 2 is 2.15 bits per heavy atom. The average Bonchev–Trinajstić information content (AvgIpc) is 2.04. The fraction of sp³-hybridized carbons (Fsp3) is 0.250. The van der Waals surface area contributed by atoms with Gasteiger partial charge in [0.15, 0.2) is 5.69 Å². The van der Waals surface area contributed by atoms with Gasteiger partial charge >= 0.3 is 5.97 Å². The number of carbonyl (C=O) groups is 1. The number of hydrogen-bond donors (Lipinski definition) is 1. The molecule has 1 aromatic rings. The van der Waals surface area contributed by atoms with E-state index in [1.807, 2.05) is 0 Å². The SMILES string of the molecule is CN(C)c1cccnc1C(=O)O.Cl. The third kappa shape index (κ3) is 2.59. The Balaban J connectivity index is 0.00000144. The molecule has 1 heterocycles. The van der Waals surface area contributed by atoms with Gasteiger partial charge < -0.3 is 10.0 Å². The maximum absolute atomic E-state index is 10.6. The van der Waals surface area contributed by atoms with Crippen molar-refractivity contribution in [3.63, 3.8) is 0 Å². The van der Waals surface area contributed by atoms with Crippen LogP contribution in [0.5, 0.6) is 0 Å². The summed E-state index contributed by atoms with van der Waals surface area (Å²) in [6, 6.07) is 3.43. The van der Waals surface area contributed by atoms with Gasteiger partial charge in [-0.3, -0.25) is 0 Å². The van der Waals surface area contributed by atoms with E-state index in [-0.39, 0.29) is 18.1 Å². The zero-order valence-corrected chi connectivity index (χ0v) is 8.21. The number of aromatic carboxylic acids is 1. The molecule has 1 aromatic heterocycles. The van der Waals surface area contributed by atoms with Crippen LogP contribution in [0.1, 0.15) is 10.5 Å². The van der Waals surface area contributed by atoms with Crippen LogP contribution in [-0.2, 0) is 0 Å². The van der Waals surface area contributed by atoms with Crippen LogP contribution in [0.15, 0.2) is 18.3 Å². The van der Waals surface area contributed by atoms with Gasteiger partial charge in [0.25, 0.3) is 0 Å². The van der Waals surface area contributed by atoms with Gasteiger partial charge in [0.1, 0.15) is 0 Å². The zero-order valence-electron chi connectivity index (χ0n) is 7.39. The van der Waals surface area contributed by atoms with Crippen molar-refractivity contribution in [1.29, 1.82) is 0 Å². The summed E-state index contributed by atoms with van der Waals surface area (Å²) in [5.74, 6) is -1.00. The molecule has 0 aliphatic heterocycles. The number of carboxylic acid groups (broad SMARTS) is 1. The van der Waals surface area contributed by atoms with Gasteiger partial charge in [-0.2, -0.15) is 0 Å². The summed E-state index contributed by atoms with van der Waals surface area (Å²) in [4.78, 5) is 16.1. The van der Waals surface area contributed by atoms with Crippen LogP contribution in [0.3, 0.4) is 0 Å². The third-order valence-electron chi connectivity index (χ3n) is 1.47. The Morgan fingerprint density at radius 1 is 1.54 bits per heavy atom. The number of pyridine rings is 1. The Hall–Kier alpha value is -1.29. The highest BCUT2D eigenvalue weighted by Gasteiger charge is 2.11. The maximum atomic E-state index is 10.6. The summed E-state index contributed by atoms with van der Waals surface area (Å²) in [5, 5.41) is 8.73. The molecule has 0 aromatic carbocycles. The van der Waals surface area contributed by atoms with Gasteiger partial charge in [0.2, 0.25) is 0 Å². The topological polar surface area (TPSA) is 53.4 Å². The van der Waals surface area contributed by atoms with E-state index in [1.165, 1.54) is 6.20 Å². The molecule has 0 saturated heterocycles. The molecule has 0 fully saturated rings. The van der Waals surface area contributed by atoms with Crippen LogP contribution in [0.4, 0.5) is 5.69 Å². The van der Waals surface area contributed by atoms with Crippen molar-refractivity contribution in [2.24, 2.45) is 0 Å². The maximum Gasteiger partial charge on any atom is 0.356 e. The number of anilines is 1. The summed E-state index contributed by atoms with van der Waals surface area (Å²) in [7, 11) is 3.56. The normalized spacial score (nSPS) is 8.77. The Labute approximate surface area is 82.6 Å². The minimum absolute atomic E-state index is 0. The molecule has 0 spiro atoms.